The number of nitroso groups, excluding NO2 is 1. The quantitative estimate of drug-likeness (QED) is 0.698. The molecule has 0 saturated heterocycles. The van der Waals surface area contributed by atoms with E-state index >= 15 is 0 Å². The van der Waals surface area contributed by atoms with Gasteiger partial charge in [-0.25, -0.2) is 9.97 Å². The molecule has 3 rings (SSSR count). The van der Waals surface area contributed by atoms with Crippen LogP contribution in [-0.4, -0.2) is 27.8 Å². The number of allylic oxidation sites excluding steroid dienone is 2. The second-order valence-electron chi connectivity index (χ2n) is 7.82. The predicted molar refractivity (Wildman–Crippen MR) is 115 cm³/mol. The molecule has 0 fully saturated rings. The van der Waals surface area contributed by atoms with Crippen molar-refractivity contribution in [2.45, 2.75) is 52.0 Å². The van der Waals surface area contributed by atoms with E-state index in [1.165, 1.54) is 18.9 Å². The SMILES string of the molecule is CC1CC=C(c2cnc(-c3ccc(CCC(=O)NC(C)C(=O)N=O)cc3)nc2)CC1. The number of nitrogens with zero attached hydrogens (tertiary/aromatic N) is 3. The number of hydrogen-bond acceptors (Lipinski definition) is 5. The molecule has 2 amide bonds. The summed E-state index contributed by atoms with van der Waals surface area (Å²) in [6.45, 7) is 3.71. The molecule has 1 N–H and O–H groups in total. The number of rotatable bonds is 7. The van der Waals surface area contributed by atoms with Crippen LogP contribution in [0.3, 0.4) is 0 Å². The van der Waals surface area contributed by atoms with Crippen molar-refractivity contribution in [1.29, 1.82) is 0 Å². The average molecular weight is 406 g/mol. The summed E-state index contributed by atoms with van der Waals surface area (Å²) >= 11 is 0. The van der Waals surface area contributed by atoms with Crippen LogP contribution in [0.15, 0.2) is 47.9 Å². The van der Waals surface area contributed by atoms with Crippen LogP contribution in [-0.2, 0) is 16.0 Å². The molecule has 0 radical (unpaired) electrons. The zero-order valence-corrected chi connectivity index (χ0v) is 17.3. The lowest BCUT2D eigenvalue weighted by atomic mass is 9.89. The van der Waals surface area contributed by atoms with Gasteiger partial charge in [-0.05, 0) is 49.7 Å². The van der Waals surface area contributed by atoms with E-state index in [1.54, 1.807) is 0 Å². The predicted octanol–water partition coefficient (Wildman–Crippen LogP) is 4.08. The minimum absolute atomic E-state index is 0.217. The van der Waals surface area contributed by atoms with Gasteiger partial charge in [0, 0.05) is 35.1 Å². The molecule has 0 spiro atoms. The highest BCUT2D eigenvalue weighted by Gasteiger charge is 2.16. The average Bonchev–Trinajstić information content (AvgIpc) is 2.78. The third kappa shape index (κ3) is 5.65. The molecular weight excluding hydrogens is 380 g/mol. The van der Waals surface area contributed by atoms with Gasteiger partial charge in [-0.15, -0.1) is 4.91 Å². The number of amides is 2. The van der Waals surface area contributed by atoms with Crippen molar-refractivity contribution in [2.24, 2.45) is 11.1 Å². The van der Waals surface area contributed by atoms with E-state index < -0.39 is 11.9 Å². The Labute approximate surface area is 176 Å². The molecule has 2 atom stereocenters. The minimum atomic E-state index is -0.898. The second-order valence-corrected chi connectivity index (χ2v) is 7.82. The van der Waals surface area contributed by atoms with Gasteiger partial charge in [-0.1, -0.05) is 37.3 Å². The molecule has 1 heterocycles. The Kier molecular flexibility index (Phi) is 7.17. The van der Waals surface area contributed by atoms with Crippen molar-refractivity contribution in [3.05, 3.63) is 58.8 Å². The number of hydrogen-bond donors (Lipinski definition) is 1. The van der Waals surface area contributed by atoms with Crippen LogP contribution in [0.25, 0.3) is 17.0 Å². The van der Waals surface area contributed by atoms with Crippen molar-refractivity contribution in [3.63, 3.8) is 0 Å². The highest BCUT2D eigenvalue weighted by atomic mass is 16.3. The topological polar surface area (TPSA) is 101 Å². The lowest BCUT2D eigenvalue weighted by Gasteiger charge is -2.18. The molecule has 156 valence electrons. The molecule has 30 heavy (non-hydrogen) atoms. The molecule has 2 aromatic rings. The summed E-state index contributed by atoms with van der Waals surface area (Å²) in [7, 11) is 0. The van der Waals surface area contributed by atoms with Gasteiger partial charge in [0.25, 0.3) is 0 Å². The number of aromatic nitrogens is 2. The first-order valence-corrected chi connectivity index (χ1v) is 10.2. The summed E-state index contributed by atoms with van der Waals surface area (Å²) in [5.74, 6) is 0.237. The number of carbonyl (C=O) groups is 2. The van der Waals surface area contributed by atoms with Gasteiger partial charge in [0.2, 0.25) is 5.91 Å². The number of nitrogens with one attached hydrogen (secondary N) is 1. The molecular formula is C23H26N4O3. The maximum atomic E-state index is 11.9. The number of carbonyl (C=O) groups excluding carboxylic acids is 2. The number of aryl methyl sites for hydroxylation is 1. The number of benzene rings is 1. The molecule has 1 aromatic heterocycles. The summed E-state index contributed by atoms with van der Waals surface area (Å²) in [5, 5.41) is 4.78. The molecule has 1 aliphatic rings. The fourth-order valence-electron chi connectivity index (χ4n) is 3.40. The summed E-state index contributed by atoms with van der Waals surface area (Å²) < 4.78 is 0. The second kappa shape index (κ2) is 10.0. The molecule has 7 nitrogen and oxygen atoms in total. The van der Waals surface area contributed by atoms with Crippen molar-refractivity contribution < 1.29 is 9.59 Å². The maximum Gasteiger partial charge on any atom is 0.308 e. The Morgan fingerprint density at radius 1 is 1.17 bits per heavy atom. The standard InChI is InChI=1S/C23H26N4O3/c1-15-3-8-18(9-4-15)20-13-24-22(25-14-20)19-10-5-17(6-11-19)7-12-21(28)26-16(2)23(29)27-30/h5-6,8,10-11,13-16H,3-4,7,9,12H2,1-2H3,(H,26,28). The van der Waals surface area contributed by atoms with Crippen LogP contribution in [0, 0.1) is 10.8 Å². The summed E-state index contributed by atoms with van der Waals surface area (Å²) in [6, 6.07) is 6.85. The maximum absolute atomic E-state index is 11.9. The van der Waals surface area contributed by atoms with Crippen molar-refractivity contribution in [1.82, 2.24) is 15.3 Å². The lowest BCUT2D eigenvalue weighted by Crippen LogP contribution is -2.37. The fraction of sp³-hybridized carbons (Fsp3) is 0.391. The molecule has 0 bridgehead atoms. The Balaban J connectivity index is 1.56. The van der Waals surface area contributed by atoms with E-state index in [-0.39, 0.29) is 12.3 Å². The first kappa shape index (κ1) is 21.5. The van der Waals surface area contributed by atoms with Crippen LogP contribution in [0.5, 0.6) is 0 Å². The summed E-state index contributed by atoms with van der Waals surface area (Å²) in [5.41, 5.74) is 4.32. The summed E-state index contributed by atoms with van der Waals surface area (Å²) in [4.78, 5) is 42.2. The first-order chi connectivity index (χ1) is 14.5. The van der Waals surface area contributed by atoms with E-state index in [0.29, 0.717) is 12.2 Å². The van der Waals surface area contributed by atoms with Gasteiger partial charge in [0.1, 0.15) is 6.04 Å². The Morgan fingerprint density at radius 3 is 2.47 bits per heavy atom. The minimum Gasteiger partial charge on any atom is -0.344 e. The van der Waals surface area contributed by atoms with E-state index in [2.05, 4.69) is 33.5 Å². The van der Waals surface area contributed by atoms with Crippen LogP contribution >= 0.6 is 0 Å². The monoisotopic (exact) mass is 406 g/mol. The van der Waals surface area contributed by atoms with E-state index in [0.717, 1.165) is 35.4 Å². The van der Waals surface area contributed by atoms with E-state index in [1.807, 2.05) is 36.7 Å². The third-order valence-electron chi connectivity index (χ3n) is 5.39. The molecule has 0 saturated carbocycles. The smallest absolute Gasteiger partial charge is 0.308 e. The van der Waals surface area contributed by atoms with Gasteiger partial charge in [-0.2, -0.15) is 0 Å². The van der Waals surface area contributed by atoms with Crippen LogP contribution in [0.2, 0.25) is 0 Å². The highest BCUT2D eigenvalue weighted by Crippen LogP contribution is 2.29. The zero-order valence-electron chi connectivity index (χ0n) is 17.3. The largest absolute Gasteiger partial charge is 0.344 e. The molecule has 1 aromatic carbocycles. The third-order valence-corrected chi connectivity index (χ3v) is 5.39. The lowest BCUT2D eigenvalue weighted by molar-refractivity contribution is -0.126. The van der Waals surface area contributed by atoms with Gasteiger partial charge < -0.3 is 5.32 Å². The van der Waals surface area contributed by atoms with E-state index in [9.17, 15) is 14.5 Å². The van der Waals surface area contributed by atoms with Crippen LogP contribution < -0.4 is 5.32 Å². The van der Waals surface area contributed by atoms with Gasteiger partial charge >= 0.3 is 5.91 Å². The van der Waals surface area contributed by atoms with Gasteiger partial charge in [0.15, 0.2) is 5.82 Å². The normalized spacial score (nSPS) is 17.0. The van der Waals surface area contributed by atoms with Crippen molar-refractivity contribution >= 4 is 17.4 Å². The first-order valence-electron chi connectivity index (χ1n) is 10.2. The molecule has 2 unspecified atom stereocenters. The van der Waals surface area contributed by atoms with Gasteiger partial charge in [-0.3, -0.25) is 9.59 Å². The van der Waals surface area contributed by atoms with Crippen molar-refractivity contribution in [3.8, 4) is 11.4 Å². The van der Waals surface area contributed by atoms with Crippen LogP contribution in [0.1, 0.15) is 50.7 Å². The molecule has 7 heteroatoms. The zero-order chi connectivity index (χ0) is 21.5. The highest BCUT2D eigenvalue weighted by molar-refractivity contribution is 5.87. The summed E-state index contributed by atoms with van der Waals surface area (Å²) in [6.07, 6.45) is 10.2. The van der Waals surface area contributed by atoms with Crippen molar-refractivity contribution in [2.75, 3.05) is 0 Å². The van der Waals surface area contributed by atoms with Crippen LogP contribution in [0.4, 0.5) is 0 Å². The Hall–Kier alpha value is -3.22. The molecule has 0 aliphatic heterocycles. The fourth-order valence-corrected chi connectivity index (χ4v) is 3.40. The molecule has 1 aliphatic carbocycles. The Morgan fingerprint density at radius 2 is 1.87 bits per heavy atom. The van der Waals surface area contributed by atoms with E-state index in [4.69, 9.17) is 0 Å². The van der Waals surface area contributed by atoms with Gasteiger partial charge in [0.05, 0.1) is 0 Å². The Bertz CT molecular complexity index is 936.